The number of benzene rings is 1. The van der Waals surface area contributed by atoms with Gasteiger partial charge in [0.05, 0.1) is 12.1 Å². The molecule has 3 aromatic rings. The van der Waals surface area contributed by atoms with E-state index in [9.17, 15) is 4.79 Å². The number of thiophene rings is 1. The van der Waals surface area contributed by atoms with Crippen LogP contribution in [0.2, 0.25) is 0 Å². The van der Waals surface area contributed by atoms with E-state index in [2.05, 4.69) is 29.2 Å². The molecule has 0 N–H and O–H groups in total. The van der Waals surface area contributed by atoms with Crippen LogP contribution in [-0.4, -0.2) is 17.6 Å². The average Bonchev–Trinajstić information content (AvgIpc) is 2.79. The summed E-state index contributed by atoms with van der Waals surface area (Å²) < 4.78 is 5.02. The summed E-state index contributed by atoms with van der Waals surface area (Å²) in [7, 11) is 0. The number of aryl methyl sites for hydroxylation is 1. The molecule has 0 saturated heterocycles. The molecule has 0 spiro atoms. The quantitative estimate of drug-likeness (QED) is 0.663. The van der Waals surface area contributed by atoms with Crippen molar-refractivity contribution in [3.8, 4) is 0 Å². The van der Waals surface area contributed by atoms with Crippen LogP contribution < -0.4 is 0 Å². The lowest BCUT2D eigenvalue weighted by molar-refractivity contribution is 0.0532. The predicted molar refractivity (Wildman–Crippen MR) is 77.8 cm³/mol. The number of esters is 1. The van der Waals surface area contributed by atoms with Crippen LogP contribution in [0.25, 0.3) is 21.1 Å². The van der Waals surface area contributed by atoms with Gasteiger partial charge in [-0.1, -0.05) is 12.1 Å². The van der Waals surface area contributed by atoms with E-state index in [4.69, 9.17) is 4.74 Å². The molecular formula is C15H13NO2S. The lowest BCUT2D eigenvalue weighted by atomic mass is 10.1. The number of carbonyl (C=O) groups excluding carboxylic acids is 1. The van der Waals surface area contributed by atoms with Crippen molar-refractivity contribution in [3.05, 3.63) is 40.8 Å². The summed E-state index contributed by atoms with van der Waals surface area (Å²) in [5.74, 6) is -0.272. The molecule has 2 aromatic heterocycles. The number of ether oxygens (including phenoxy) is 1. The Labute approximate surface area is 114 Å². The van der Waals surface area contributed by atoms with Crippen molar-refractivity contribution in [2.24, 2.45) is 0 Å². The minimum Gasteiger partial charge on any atom is -0.462 e. The van der Waals surface area contributed by atoms with Gasteiger partial charge in [-0.05, 0) is 37.6 Å². The summed E-state index contributed by atoms with van der Waals surface area (Å²) >= 11 is 1.38. The third-order valence-electron chi connectivity index (χ3n) is 2.94. The molecule has 0 aliphatic carbocycles. The summed E-state index contributed by atoms with van der Waals surface area (Å²) in [6.07, 6.45) is 0. The van der Waals surface area contributed by atoms with Crippen molar-refractivity contribution in [2.75, 3.05) is 6.61 Å². The second-order valence-corrected chi connectivity index (χ2v) is 5.44. The van der Waals surface area contributed by atoms with Gasteiger partial charge >= 0.3 is 5.97 Å². The molecule has 96 valence electrons. The first kappa shape index (κ1) is 12.1. The highest BCUT2D eigenvalue weighted by Crippen LogP contribution is 2.28. The van der Waals surface area contributed by atoms with E-state index in [-0.39, 0.29) is 5.97 Å². The molecule has 0 saturated carbocycles. The van der Waals surface area contributed by atoms with E-state index >= 15 is 0 Å². The zero-order valence-electron chi connectivity index (χ0n) is 10.8. The molecule has 3 rings (SSSR count). The first-order valence-electron chi connectivity index (χ1n) is 6.15. The van der Waals surface area contributed by atoms with E-state index in [1.54, 1.807) is 6.92 Å². The maximum atomic E-state index is 11.7. The topological polar surface area (TPSA) is 39.2 Å². The van der Waals surface area contributed by atoms with Crippen molar-refractivity contribution < 1.29 is 9.53 Å². The SMILES string of the molecule is CCOC(=O)c1cc2cc3ccc(C)cc3nc2s1. The molecule has 0 aliphatic rings. The van der Waals surface area contributed by atoms with Gasteiger partial charge in [-0.25, -0.2) is 9.78 Å². The monoisotopic (exact) mass is 271 g/mol. The molecule has 0 bridgehead atoms. The fourth-order valence-electron chi connectivity index (χ4n) is 2.04. The highest BCUT2D eigenvalue weighted by atomic mass is 32.1. The summed E-state index contributed by atoms with van der Waals surface area (Å²) in [6.45, 7) is 4.24. The molecule has 4 heteroatoms. The number of rotatable bonds is 2. The molecule has 0 aliphatic heterocycles. The normalized spacial score (nSPS) is 11.1. The van der Waals surface area contributed by atoms with Crippen LogP contribution in [0.5, 0.6) is 0 Å². The van der Waals surface area contributed by atoms with Crippen LogP contribution in [0, 0.1) is 6.92 Å². The standard InChI is InChI=1S/C15H13NO2S/c1-3-18-15(17)13-8-11-7-10-5-4-9(2)6-12(10)16-14(11)19-13/h4-8H,3H2,1-2H3. The number of hydrogen-bond donors (Lipinski definition) is 0. The van der Waals surface area contributed by atoms with Gasteiger partial charge in [0.25, 0.3) is 0 Å². The fraction of sp³-hybridized carbons (Fsp3) is 0.200. The predicted octanol–water partition coefficient (Wildman–Crippen LogP) is 3.93. The molecule has 0 fully saturated rings. The molecule has 1 aromatic carbocycles. The number of pyridine rings is 1. The number of hydrogen-bond acceptors (Lipinski definition) is 4. The Morgan fingerprint density at radius 2 is 2.11 bits per heavy atom. The van der Waals surface area contributed by atoms with Gasteiger partial charge in [-0.3, -0.25) is 0 Å². The van der Waals surface area contributed by atoms with Crippen LogP contribution in [0.15, 0.2) is 30.3 Å². The zero-order chi connectivity index (χ0) is 13.4. The van der Waals surface area contributed by atoms with Gasteiger partial charge in [-0.15, -0.1) is 11.3 Å². The Morgan fingerprint density at radius 1 is 1.26 bits per heavy atom. The van der Waals surface area contributed by atoms with Crippen molar-refractivity contribution >= 4 is 38.4 Å². The van der Waals surface area contributed by atoms with Crippen LogP contribution in [0.3, 0.4) is 0 Å². The highest BCUT2D eigenvalue weighted by Gasteiger charge is 2.12. The van der Waals surface area contributed by atoms with Crippen LogP contribution >= 0.6 is 11.3 Å². The maximum Gasteiger partial charge on any atom is 0.348 e. The molecule has 0 unspecified atom stereocenters. The Bertz CT molecular complexity index is 776. The summed E-state index contributed by atoms with van der Waals surface area (Å²) in [4.78, 5) is 17.8. The first-order chi connectivity index (χ1) is 9.17. The molecule has 19 heavy (non-hydrogen) atoms. The van der Waals surface area contributed by atoms with Gasteiger partial charge in [-0.2, -0.15) is 0 Å². The third kappa shape index (κ3) is 2.19. The molecule has 0 amide bonds. The molecule has 0 atom stereocenters. The Balaban J connectivity index is 2.17. The fourth-order valence-corrected chi connectivity index (χ4v) is 2.95. The third-order valence-corrected chi connectivity index (χ3v) is 3.96. The maximum absolute atomic E-state index is 11.7. The van der Waals surface area contributed by atoms with Crippen molar-refractivity contribution in [3.63, 3.8) is 0 Å². The van der Waals surface area contributed by atoms with Gasteiger partial charge in [0.2, 0.25) is 0 Å². The number of carbonyl (C=O) groups is 1. The van der Waals surface area contributed by atoms with Crippen LogP contribution in [0.1, 0.15) is 22.2 Å². The largest absolute Gasteiger partial charge is 0.462 e. The lowest BCUT2D eigenvalue weighted by Crippen LogP contribution is -2.01. The number of nitrogens with zero attached hydrogens (tertiary/aromatic N) is 1. The summed E-state index contributed by atoms with van der Waals surface area (Å²) in [5, 5.41) is 2.08. The Morgan fingerprint density at radius 3 is 2.89 bits per heavy atom. The summed E-state index contributed by atoms with van der Waals surface area (Å²) in [5.41, 5.74) is 2.14. The zero-order valence-corrected chi connectivity index (χ0v) is 11.6. The van der Waals surface area contributed by atoms with E-state index in [0.717, 1.165) is 21.1 Å². The number of fused-ring (bicyclic) bond motifs is 2. The number of aromatic nitrogens is 1. The van der Waals surface area contributed by atoms with E-state index in [1.807, 2.05) is 13.0 Å². The van der Waals surface area contributed by atoms with E-state index < -0.39 is 0 Å². The Kier molecular flexibility index (Phi) is 2.95. The molecule has 0 radical (unpaired) electrons. The van der Waals surface area contributed by atoms with Crippen molar-refractivity contribution in [1.29, 1.82) is 0 Å². The minimum absolute atomic E-state index is 0.272. The molecule has 3 nitrogen and oxygen atoms in total. The van der Waals surface area contributed by atoms with Crippen molar-refractivity contribution in [1.82, 2.24) is 4.98 Å². The van der Waals surface area contributed by atoms with Crippen LogP contribution in [-0.2, 0) is 4.74 Å². The van der Waals surface area contributed by atoms with Gasteiger partial charge < -0.3 is 4.74 Å². The van der Waals surface area contributed by atoms with E-state index in [1.165, 1.54) is 16.9 Å². The summed E-state index contributed by atoms with van der Waals surface area (Å²) in [6, 6.07) is 10.1. The highest BCUT2D eigenvalue weighted by molar-refractivity contribution is 7.20. The van der Waals surface area contributed by atoms with Gasteiger partial charge in [0.15, 0.2) is 0 Å². The molecule has 2 heterocycles. The Hall–Kier alpha value is -1.94. The smallest absolute Gasteiger partial charge is 0.348 e. The average molecular weight is 271 g/mol. The molecular weight excluding hydrogens is 258 g/mol. The van der Waals surface area contributed by atoms with E-state index in [0.29, 0.717) is 11.5 Å². The second-order valence-electron chi connectivity index (χ2n) is 4.41. The minimum atomic E-state index is -0.272. The van der Waals surface area contributed by atoms with Crippen molar-refractivity contribution in [2.45, 2.75) is 13.8 Å². The second kappa shape index (κ2) is 4.63. The van der Waals surface area contributed by atoms with Gasteiger partial charge in [0, 0.05) is 10.8 Å². The lowest BCUT2D eigenvalue weighted by Gasteiger charge is -1.98. The van der Waals surface area contributed by atoms with Gasteiger partial charge in [0.1, 0.15) is 9.71 Å². The first-order valence-corrected chi connectivity index (χ1v) is 6.97. The van der Waals surface area contributed by atoms with Crippen LogP contribution in [0.4, 0.5) is 0 Å².